The Morgan fingerprint density at radius 2 is 2.53 bits per heavy atom. The van der Waals surface area contributed by atoms with E-state index in [1.165, 1.54) is 5.69 Å². The van der Waals surface area contributed by atoms with Gasteiger partial charge in [-0.2, -0.15) is 0 Å². The van der Waals surface area contributed by atoms with Crippen LogP contribution in [-0.4, -0.2) is 28.5 Å². The van der Waals surface area contributed by atoms with Crippen molar-refractivity contribution in [2.24, 2.45) is 0 Å². The summed E-state index contributed by atoms with van der Waals surface area (Å²) in [5.74, 6) is 0.0746. The molecule has 2 rings (SSSR count). The van der Waals surface area contributed by atoms with Gasteiger partial charge in [0.05, 0.1) is 12.0 Å². The SMILES string of the molecule is CCCNC(=O)C(C)n1cnc2c1CCNC2. The highest BCUT2D eigenvalue weighted by molar-refractivity contribution is 5.79. The third kappa shape index (κ3) is 2.49. The van der Waals surface area contributed by atoms with E-state index in [0.29, 0.717) is 0 Å². The van der Waals surface area contributed by atoms with Crippen molar-refractivity contribution >= 4 is 5.91 Å². The highest BCUT2D eigenvalue weighted by Gasteiger charge is 2.21. The number of amides is 1. The van der Waals surface area contributed by atoms with E-state index in [1.54, 1.807) is 6.33 Å². The highest BCUT2D eigenvalue weighted by atomic mass is 16.2. The van der Waals surface area contributed by atoms with Gasteiger partial charge in [0.15, 0.2) is 0 Å². The third-order valence-electron chi connectivity index (χ3n) is 3.16. The van der Waals surface area contributed by atoms with Crippen LogP contribution in [0.25, 0.3) is 0 Å². The second kappa shape index (κ2) is 5.31. The smallest absolute Gasteiger partial charge is 0.242 e. The zero-order valence-electron chi connectivity index (χ0n) is 10.5. The van der Waals surface area contributed by atoms with Gasteiger partial charge in [-0.3, -0.25) is 4.79 Å². The highest BCUT2D eigenvalue weighted by Crippen LogP contribution is 2.17. The summed E-state index contributed by atoms with van der Waals surface area (Å²) in [5, 5.41) is 6.20. The molecule has 2 heterocycles. The zero-order valence-corrected chi connectivity index (χ0v) is 10.5. The van der Waals surface area contributed by atoms with Crippen LogP contribution in [0.3, 0.4) is 0 Å². The summed E-state index contributed by atoms with van der Waals surface area (Å²) in [6, 6.07) is -0.170. The Balaban J connectivity index is 2.11. The number of hydrogen-bond acceptors (Lipinski definition) is 3. The molecule has 94 valence electrons. The number of carbonyl (C=O) groups excluding carboxylic acids is 1. The molecule has 0 saturated carbocycles. The van der Waals surface area contributed by atoms with Crippen molar-refractivity contribution in [2.75, 3.05) is 13.1 Å². The molecule has 17 heavy (non-hydrogen) atoms. The summed E-state index contributed by atoms with van der Waals surface area (Å²) in [6.45, 7) is 6.49. The molecule has 1 aromatic rings. The lowest BCUT2D eigenvalue weighted by Crippen LogP contribution is -2.33. The molecule has 0 fully saturated rings. The van der Waals surface area contributed by atoms with E-state index < -0.39 is 0 Å². The summed E-state index contributed by atoms with van der Waals surface area (Å²) in [6.07, 6.45) is 3.69. The van der Waals surface area contributed by atoms with Crippen LogP contribution < -0.4 is 10.6 Å². The van der Waals surface area contributed by atoms with E-state index in [-0.39, 0.29) is 11.9 Å². The first kappa shape index (κ1) is 12.1. The van der Waals surface area contributed by atoms with Crippen LogP contribution in [0.5, 0.6) is 0 Å². The topological polar surface area (TPSA) is 59.0 Å². The quantitative estimate of drug-likeness (QED) is 0.805. The van der Waals surface area contributed by atoms with E-state index in [1.807, 2.05) is 11.5 Å². The molecule has 0 spiro atoms. The van der Waals surface area contributed by atoms with Crippen LogP contribution in [0.15, 0.2) is 6.33 Å². The van der Waals surface area contributed by atoms with Gasteiger partial charge < -0.3 is 15.2 Å². The average molecular weight is 236 g/mol. The molecule has 0 aliphatic carbocycles. The maximum Gasteiger partial charge on any atom is 0.242 e. The number of carbonyl (C=O) groups is 1. The standard InChI is InChI=1S/C12H20N4O/c1-3-5-14-12(17)9(2)16-8-15-10-7-13-6-4-11(10)16/h8-9,13H,3-7H2,1-2H3,(H,14,17). The molecule has 0 radical (unpaired) electrons. The largest absolute Gasteiger partial charge is 0.354 e. The summed E-state index contributed by atoms with van der Waals surface area (Å²) >= 11 is 0. The molecule has 2 N–H and O–H groups in total. The number of hydrogen-bond donors (Lipinski definition) is 2. The second-order valence-electron chi connectivity index (χ2n) is 4.44. The maximum atomic E-state index is 11.9. The molecule has 0 bridgehead atoms. The van der Waals surface area contributed by atoms with Crippen molar-refractivity contribution in [3.05, 3.63) is 17.7 Å². The van der Waals surface area contributed by atoms with Gasteiger partial charge in [-0.15, -0.1) is 0 Å². The summed E-state index contributed by atoms with van der Waals surface area (Å²) < 4.78 is 2.00. The fourth-order valence-electron chi connectivity index (χ4n) is 2.12. The molecular formula is C12H20N4O. The van der Waals surface area contributed by atoms with Crippen molar-refractivity contribution in [3.8, 4) is 0 Å². The summed E-state index contributed by atoms with van der Waals surface area (Å²) in [5.41, 5.74) is 2.27. The van der Waals surface area contributed by atoms with Crippen LogP contribution in [0.2, 0.25) is 0 Å². The number of imidazole rings is 1. The van der Waals surface area contributed by atoms with Gasteiger partial charge in [-0.05, 0) is 13.3 Å². The lowest BCUT2D eigenvalue weighted by Gasteiger charge is -2.19. The molecule has 1 atom stereocenters. The predicted octanol–water partition coefficient (Wildman–Crippen LogP) is 0.616. The van der Waals surface area contributed by atoms with Crippen molar-refractivity contribution < 1.29 is 4.79 Å². The van der Waals surface area contributed by atoms with E-state index in [2.05, 4.69) is 22.5 Å². The van der Waals surface area contributed by atoms with Crippen LogP contribution >= 0.6 is 0 Å². The van der Waals surface area contributed by atoms with Crippen LogP contribution in [0.1, 0.15) is 37.7 Å². The average Bonchev–Trinajstić information content (AvgIpc) is 2.78. The summed E-state index contributed by atoms with van der Waals surface area (Å²) in [7, 11) is 0. The van der Waals surface area contributed by atoms with Crippen molar-refractivity contribution in [1.29, 1.82) is 0 Å². The van der Waals surface area contributed by atoms with Gasteiger partial charge in [0, 0.05) is 31.7 Å². The number of rotatable bonds is 4. The molecular weight excluding hydrogens is 216 g/mol. The lowest BCUT2D eigenvalue weighted by atomic mass is 10.1. The maximum absolute atomic E-state index is 11.9. The molecule has 1 aliphatic heterocycles. The molecule has 5 heteroatoms. The molecule has 1 unspecified atom stereocenters. The number of nitrogens with zero attached hydrogens (tertiary/aromatic N) is 2. The van der Waals surface area contributed by atoms with Crippen LogP contribution in [0.4, 0.5) is 0 Å². The monoisotopic (exact) mass is 236 g/mol. The van der Waals surface area contributed by atoms with Gasteiger partial charge in [-0.25, -0.2) is 4.98 Å². The Morgan fingerprint density at radius 3 is 3.29 bits per heavy atom. The minimum Gasteiger partial charge on any atom is -0.354 e. The van der Waals surface area contributed by atoms with E-state index in [4.69, 9.17) is 0 Å². The summed E-state index contributed by atoms with van der Waals surface area (Å²) in [4.78, 5) is 16.3. The third-order valence-corrected chi connectivity index (χ3v) is 3.16. The minimum atomic E-state index is -0.170. The number of nitrogens with one attached hydrogen (secondary N) is 2. The van der Waals surface area contributed by atoms with Gasteiger partial charge in [0.2, 0.25) is 5.91 Å². The Kier molecular flexibility index (Phi) is 3.78. The van der Waals surface area contributed by atoms with Crippen LogP contribution in [0, 0.1) is 0 Å². The van der Waals surface area contributed by atoms with Gasteiger partial charge in [0.1, 0.15) is 6.04 Å². The molecule has 1 amide bonds. The molecule has 5 nitrogen and oxygen atoms in total. The molecule has 1 aromatic heterocycles. The van der Waals surface area contributed by atoms with Crippen molar-refractivity contribution in [2.45, 2.75) is 39.3 Å². The second-order valence-corrected chi connectivity index (χ2v) is 4.44. The normalized spacial score (nSPS) is 16.4. The zero-order chi connectivity index (χ0) is 12.3. The number of aromatic nitrogens is 2. The van der Waals surface area contributed by atoms with E-state index >= 15 is 0 Å². The van der Waals surface area contributed by atoms with E-state index in [0.717, 1.165) is 38.2 Å². The fourth-order valence-corrected chi connectivity index (χ4v) is 2.12. The van der Waals surface area contributed by atoms with E-state index in [9.17, 15) is 4.79 Å². The number of fused-ring (bicyclic) bond motifs is 1. The predicted molar refractivity (Wildman–Crippen MR) is 65.6 cm³/mol. The van der Waals surface area contributed by atoms with Crippen molar-refractivity contribution in [3.63, 3.8) is 0 Å². The fraction of sp³-hybridized carbons (Fsp3) is 0.667. The van der Waals surface area contributed by atoms with Crippen LogP contribution in [-0.2, 0) is 17.8 Å². The lowest BCUT2D eigenvalue weighted by molar-refractivity contribution is -0.123. The molecule has 0 aromatic carbocycles. The Labute approximate surface area is 102 Å². The first-order valence-electron chi connectivity index (χ1n) is 6.27. The van der Waals surface area contributed by atoms with Gasteiger partial charge in [0.25, 0.3) is 0 Å². The minimum absolute atomic E-state index is 0.0746. The Bertz CT molecular complexity index is 399. The molecule has 1 aliphatic rings. The Hall–Kier alpha value is -1.36. The first-order valence-corrected chi connectivity index (χ1v) is 6.27. The first-order chi connectivity index (χ1) is 8.24. The van der Waals surface area contributed by atoms with Gasteiger partial charge in [-0.1, -0.05) is 6.92 Å². The van der Waals surface area contributed by atoms with Crippen molar-refractivity contribution in [1.82, 2.24) is 20.2 Å². The van der Waals surface area contributed by atoms with Gasteiger partial charge >= 0.3 is 0 Å². The Morgan fingerprint density at radius 1 is 1.71 bits per heavy atom. The molecule has 0 saturated heterocycles.